The van der Waals surface area contributed by atoms with E-state index in [4.69, 9.17) is 4.74 Å². The third-order valence-electron chi connectivity index (χ3n) is 7.23. The Morgan fingerprint density at radius 3 is 2.30 bits per heavy atom. The fraction of sp³-hybridized carbons (Fsp3) is 0.742. The Bertz CT molecular complexity index is 664. The van der Waals surface area contributed by atoms with Gasteiger partial charge in [-0.15, -0.1) is 0 Å². The molecule has 0 amide bonds. The summed E-state index contributed by atoms with van der Waals surface area (Å²) in [5, 5.41) is 10.4. The lowest BCUT2D eigenvalue weighted by Gasteiger charge is -2.30. The van der Waals surface area contributed by atoms with Crippen LogP contribution in [0.15, 0.2) is 46.1 Å². The molecule has 0 saturated heterocycles. The summed E-state index contributed by atoms with van der Waals surface area (Å²) in [6.45, 7) is 16.4. The van der Waals surface area contributed by atoms with Gasteiger partial charge in [0.15, 0.2) is 0 Å². The van der Waals surface area contributed by atoms with E-state index in [1.54, 1.807) is 11.1 Å². The minimum atomic E-state index is -0.445. The molecular formula is C31H54O2. The Morgan fingerprint density at radius 2 is 1.61 bits per heavy atom. The van der Waals surface area contributed by atoms with E-state index >= 15 is 0 Å². The van der Waals surface area contributed by atoms with E-state index in [1.165, 1.54) is 68.9 Å². The molecule has 190 valence electrons. The summed E-state index contributed by atoms with van der Waals surface area (Å²) in [6.07, 6.45) is 21.0. The van der Waals surface area contributed by atoms with Crippen LogP contribution in [-0.4, -0.2) is 23.9 Å². The van der Waals surface area contributed by atoms with Crippen molar-refractivity contribution in [1.82, 2.24) is 0 Å². The van der Waals surface area contributed by atoms with E-state index in [0.29, 0.717) is 5.92 Å². The van der Waals surface area contributed by atoms with Gasteiger partial charge in [0.25, 0.3) is 0 Å². The van der Waals surface area contributed by atoms with Crippen LogP contribution in [-0.2, 0) is 4.74 Å². The van der Waals surface area contributed by atoms with Crippen LogP contribution in [0.4, 0.5) is 0 Å². The van der Waals surface area contributed by atoms with Crippen LogP contribution < -0.4 is 0 Å². The maximum atomic E-state index is 10.4. The molecule has 2 heteroatoms. The zero-order valence-corrected chi connectivity index (χ0v) is 23.0. The molecule has 3 atom stereocenters. The Hall–Kier alpha value is -1.12. The van der Waals surface area contributed by atoms with Crippen molar-refractivity contribution < 1.29 is 9.84 Å². The molecule has 3 unspecified atom stereocenters. The highest BCUT2D eigenvalue weighted by molar-refractivity contribution is 5.36. The number of rotatable bonds is 17. The SMILES string of the molecule is CCCC/C=C(\C)CC/C=C(\C)CCCC(C)CCC1=CC(O)C(C)=C(C)C1OCCCC. The van der Waals surface area contributed by atoms with E-state index in [1.807, 2.05) is 6.92 Å². The molecule has 0 aliphatic heterocycles. The lowest BCUT2D eigenvalue weighted by atomic mass is 9.85. The second-order valence-corrected chi connectivity index (χ2v) is 10.5. The zero-order chi connectivity index (χ0) is 24.6. The molecule has 0 heterocycles. The Kier molecular flexibility index (Phi) is 15.7. The topological polar surface area (TPSA) is 29.5 Å². The van der Waals surface area contributed by atoms with Crippen molar-refractivity contribution >= 4 is 0 Å². The van der Waals surface area contributed by atoms with E-state index < -0.39 is 6.10 Å². The molecule has 0 spiro atoms. The van der Waals surface area contributed by atoms with Gasteiger partial charge in [0.1, 0.15) is 0 Å². The number of hydrogen-bond acceptors (Lipinski definition) is 2. The molecule has 1 N–H and O–H groups in total. The van der Waals surface area contributed by atoms with E-state index in [9.17, 15) is 5.11 Å². The summed E-state index contributed by atoms with van der Waals surface area (Å²) in [5.41, 5.74) is 6.64. The molecular weight excluding hydrogens is 404 g/mol. The molecule has 0 aromatic carbocycles. The molecule has 2 nitrogen and oxygen atoms in total. The number of ether oxygens (including phenoxy) is 1. The van der Waals surface area contributed by atoms with Gasteiger partial charge in [0.05, 0.1) is 12.2 Å². The van der Waals surface area contributed by atoms with Crippen LogP contribution in [0, 0.1) is 5.92 Å². The van der Waals surface area contributed by atoms with E-state index in [0.717, 1.165) is 31.4 Å². The van der Waals surface area contributed by atoms with Crippen molar-refractivity contribution in [3.8, 4) is 0 Å². The summed E-state index contributed by atoms with van der Waals surface area (Å²) >= 11 is 0. The van der Waals surface area contributed by atoms with Crippen molar-refractivity contribution in [2.75, 3.05) is 6.61 Å². The molecule has 0 radical (unpaired) electrons. The van der Waals surface area contributed by atoms with Crippen LogP contribution >= 0.6 is 0 Å². The van der Waals surface area contributed by atoms with Crippen LogP contribution in [0.5, 0.6) is 0 Å². The van der Waals surface area contributed by atoms with Crippen molar-refractivity contribution in [3.63, 3.8) is 0 Å². The molecule has 0 saturated carbocycles. The third-order valence-corrected chi connectivity index (χ3v) is 7.23. The van der Waals surface area contributed by atoms with Crippen LogP contribution in [0.1, 0.15) is 126 Å². The standard InChI is InChI=1S/C31H54O2/c1-8-10-12-15-24(3)16-13-17-25(4)18-14-19-26(5)20-21-29-23-30(32)27(6)28(7)31(29)33-22-11-9-2/h15,17,23,26,30-32H,8-14,16,18-22H2,1-7H3/b24-15+,25-17+. The Balaban J connectivity index is 2.39. The predicted molar refractivity (Wildman–Crippen MR) is 146 cm³/mol. The minimum Gasteiger partial charge on any atom is -0.385 e. The number of aliphatic hydroxyl groups is 1. The van der Waals surface area contributed by atoms with Gasteiger partial charge in [-0.1, -0.05) is 69.8 Å². The van der Waals surface area contributed by atoms with Crippen LogP contribution in [0.25, 0.3) is 0 Å². The van der Waals surface area contributed by atoms with Gasteiger partial charge >= 0.3 is 0 Å². The summed E-state index contributed by atoms with van der Waals surface area (Å²) in [5.74, 6) is 0.697. The summed E-state index contributed by atoms with van der Waals surface area (Å²) in [4.78, 5) is 0. The van der Waals surface area contributed by atoms with Gasteiger partial charge in [-0.3, -0.25) is 0 Å². The van der Waals surface area contributed by atoms with Crippen molar-refractivity contribution in [2.24, 2.45) is 5.92 Å². The van der Waals surface area contributed by atoms with Crippen molar-refractivity contribution in [2.45, 2.75) is 138 Å². The quantitative estimate of drug-likeness (QED) is 0.174. The fourth-order valence-corrected chi connectivity index (χ4v) is 4.52. The summed E-state index contributed by atoms with van der Waals surface area (Å²) in [7, 11) is 0. The highest BCUT2D eigenvalue weighted by atomic mass is 16.5. The zero-order valence-electron chi connectivity index (χ0n) is 23.0. The maximum Gasteiger partial charge on any atom is 0.0997 e. The second kappa shape index (κ2) is 17.3. The number of allylic oxidation sites excluding steroid dienone is 4. The van der Waals surface area contributed by atoms with Gasteiger partial charge in [0, 0.05) is 6.61 Å². The number of hydrogen-bond donors (Lipinski definition) is 1. The smallest absolute Gasteiger partial charge is 0.0997 e. The molecule has 33 heavy (non-hydrogen) atoms. The normalized spacial score (nSPS) is 20.9. The van der Waals surface area contributed by atoms with Gasteiger partial charge < -0.3 is 9.84 Å². The Morgan fingerprint density at radius 1 is 0.939 bits per heavy atom. The van der Waals surface area contributed by atoms with Crippen molar-refractivity contribution in [3.05, 3.63) is 46.1 Å². The average Bonchev–Trinajstić information content (AvgIpc) is 2.78. The van der Waals surface area contributed by atoms with Gasteiger partial charge in [-0.25, -0.2) is 0 Å². The van der Waals surface area contributed by atoms with E-state index in [2.05, 4.69) is 59.8 Å². The molecule has 0 aromatic heterocycles. The average molecular weight is 459 g/mol. The lowest BCUT2D eigenvalue weighted by Crippen LogP contribution is -2.27. The molecule has 1 aliphatic rings. The molecule has 0 aromatic rings. The third kappa shape index (κ3) is 12.2. The minimum absolute atomic E-state index is 0.0665. The van der Waals surface area contributed by atoms with Crippen molar-refractivity contribution in [1.29, 1.82) is 0 Å². The maximum absolute atomic E-state index is 10.4. The first-order chi connectivity index (χ1) is 15.8. The first-order valence-electron chi connectivity index (χ1n) is 13.8. The largest absolute Gasteiger partial charge is 0.385 e. The monoisotopic (exact) mass is 458 g/mol. The highest BCUT2D eigenvalue weighted by Gasteiger charge is 2.26. The fourth-order valence-electron chi connectivity index (χ4n) is 4.52. The first kappa shape index (κ1) is 29.9. The molecule has 1 aliphatic carbocycles. The summed E-state index contributed by atoms with van der Waals surface area (Å²) in [6, 6.07) is 0. The second-order valence-electron chi connectivity index (χ2n) is 10.5. The van der Waals surface area contributed by atoms with Crippen LogP contribution in [0.3, 0.4) is 0 Å². The van der Waals surface area contributed by atoms with E-state index in [-0.39, 0.29) is 6.10 Å². The molecule has 1 rings (SSSR count). The van der Waals surface area contributed by atoms with Gasteiger partial charge in [-0.2, -0.15) is 0 Å². The number of unbranched alkanes of at least 4 members (excludes halogenated alkanes) is 3. The Labute approximate surface area is 206 Å². The van der Waals surface area contributed by atoms with Crippen LogP contribution in [0.2, 0.25) is 0 Å². The highest BCUT2D eigenvalue weighted by Crippen LogP contribution is 2.32. The van der Waals surface area contributed by atoms with Gasteiger partial charge in [-0.05, 0) is 108 Å². The lowest BCUT2D eigenvalue weighted by molar-refractivity contribution is 0.0887. The first-order valence-corrected chi connectivity index (χ1v) is 13.8. The van der Waals surface area contributed by atoms with Gasteiger partial charge in [0.2, 0.25) is 0 Å². The summed E-state index contributed by atoms with van der Waals surface area (Å²) < 4.78 is 6.24. The molecule has 0 fully saturated rings. The predicted octanol–water partition coefficient (Wildman–Crippen LogP) is 9.26. The number of aliphatic hydroxyl groups excluding tert-OH is 1. The molecule has 0 bridgehead atoms.